The summed E-state index contributed by atoms with van der Waals surface area (Å²) in [5.74, 6) is -2.88. The predicted molar refractivity (Wildman–Crippen MR) is 129 cm³/mol. The second-order valence-corrected chi connectivity index (χ2v) is 8.94. The quantitative estimate of drug-likeness (QED) is 0.145. The average Bonchev–Trinajstić information content (AvgIpc) is 3.13. The molecule has 0 bridgehead atoms. The van der Waals surface area contributed by atoms with Crippen molar-refractivity contribution < 1.29 is 38.2 Å². The highest BCUT2D eigenvalue weighted by molar-refractivity contribution is 5.84. The van der Waals surface area contributed by atoms with E-state index in [1.807, 2.05) is 0 Å². The fraction of sp³-hybridized carbons (Fsp3) is 0.692. The van der Waals surface area contributed by atoms with Crippen LogP contribution < -0.4 is 5.82 Å². The molecule has 0 spiro atoms. The molecule has 0 fully saturated rings. The van der Waals surface area contributed by atoms with Crippen LogP contribution in [-0.2, 0) is 25.7 Å². The molecule has 1 atom stereocenters. The van der Waals surface area contributed by atoms with Crippen LogP contribution in [0.1, 0.15) is 108 Å². The van der Waals surface area contributed by atoms with Crippen LogP contribution in [0.3, 0.4) is 0 Å². The zero-order chi connectivity index (χ0) is 26.1. The lowest BCUT2D eigenvalue weighted by Crippen LogP contribution is -2.40. The first-order valence-corrected chi connectivity index (χ1v) is 12.6. The number of hydrogen-bond donors (Lipinski definition) is 2. The van der Waals surface area contributed by atoms with Gasteiger partial charge in [0.05, 0.1) is 6.42 Å². The van der Waals surface area contributed by atoms with Crippen LogP contribution in [0.2, 0.25) is 0 Å². The molecule has 0 aliphatic carbocycles. The molecule has 0 aliphatic rings. The molecule has 1 aromatic heterocycles. The van der Waals surface area contributed by atoms with E-state index in [2.05, 4.69) is 11.3 Å². The van der Waals surface area contributed by atoms with Crippen molar-refractivity contribution in [2.45, 2.75) is 116 Å². The summed E-state index contributed by atoms with van der Waals surface area (Å²) in [7, 11) is 0. The van der Waals surface area contributed by atoms with Gasteiger partial charge in [0.25, 0.3) is 0 Å². The lowest BCUT2D eigenvalue weighted by Gasteiger charge is -2.20. The molecule has 0 radical (unpaired) electrons. The topological polar surface area (TPSA) is 144 Å². The summed E-state index contributed by atoms with van der Waals surface area (Å²) >= 11 is 0. The van der Waals surface area contributed by atoms with Crippen molar-refractivity contribution in [1.29, 1.82) is 0 Å². The van der Waals surface area contributed by atoms with E-state index in [9.17, 15) is 29.4 Å². The van der Waals surface area contributed by atoms with Crippen molar-refractivity contribution in [3.05, 3.63) is 34.3 Å². The van der Waals surface area contributed by atoms with Crippen LogP contribution >= 0.6 is 0 Å². The van der Waals surface area contributed by atoms with Crippen LogP contribution in [0.4, 0.5) is 0 Å². The Morgan fingerprint density at radius 3 is 2.14 bits per heavy atom. The van der Waals surface area contributed by atoms with E-state index in [0.29, 0.717) is 25.0 Å². The average molecular weight is 497 g/mol. The summed E-state index contributed by atoms with van der Waals surface area (Å²) in [5, 5.41) is 19.7. The molecule has 0 saturated heterocycles. The molecule has 1 aromatic rings. The molecule has 35 heavy (non-hydrogen) atoms. The summed E-state index contributed by atoms with van der Waals surface area (Å²) in [6.45, 7) is 3.24. The van der Waals surface area contributed by atoms with Gasteiger partial charge in [0.1, 0.15) is 5.78 Å². The third-order valence-electron chi connectivity index (χ3n) is 5.79. The fourth-order valence-corrected chi connectivity index (χ4v) is 3.56. The van der Waals surface area contributed by atoms with Crippen LogP contribution in [0.15, 0.2) is 25.8 Å². The molecule has 0 aliphatic heterocycles. The number of ketones is 1. The molecular formula is C26H40O9. The summed E-state index contributed by atoms with van der Waals surface area (Å²) in [6.07, 6.45) is 13.9. The number of aryl methyl sites for hydroxylation is 1. The largest absolute Gasteiger partial charge is 0.519 e. The lowest BCUT2D eigenvalue weighted by molar-refractivity contribution is -0.167. The number of hydrogen-bond acceptors (Lipinski definition) is 8. The number of Topliss-reactive ketones (excluding diaryl/α,β-unsaturated/α-hetero) is 1. The minimum absolute atomic E-state index is 0.0221. The zero-order valence-corrected chi connectivity index (χ0v) is 21.0. The maximum atomic E-state index is 12.0. The van der Waals surface area contributed by atoms with Gasteiger partial charge in [-0.1, -0.05) is 57.6 Å². The number of aliphatic carboxylic acids is 1. The minimum atomic E-state index is -2.29. The molecule has 0 aromatic carbocycles. The number of carbonyl (C=O) groups is 3. The van der Waals surface area contributed by atoms with Crippen molar-refractivity contribution in [3.63, 3.8) is 0 Å². The predicted octanol–water partition coefficient (Wildman–Crippen LogP) is 5.01. The molecule has 0 saturated carbocycles. The molecule has 198 valence electrons. The Kier molecular flexibility index (Phi) is 14.6. The second-order valence-electron chi connectivity index (χ2n) is 8.94. The van der Waals surface area contributed by atoms with E-state index in [1.165, 1.54) is 26.2 Å². The third-order valence-corrected chi connectivity index (χ3v) is 5.79. The molecule has 0 amide bonds. The Hall–Kier alpha value is -2.68. The van der Waals surface area contributed by atoms with Gasteiger partial charge in [-0.25, -0.2) is 9.59 Å². The van der Waals surface area contributed by atoms with Crippen molar-refractivity contribution in [3.8, 4) is 0 Å². The first-order chi connectivity index (χ1) is 16.7. The van der Waals surface area contributed by atoms with E-state index >= 15 is 0 Å². The standard InChI is InChI=1S/C26H40O9/c1-3-4-5-9-12-15-21(27)16-13-10-7-6-8-11-14-17-26(32,24(29)30)18-23(28)33-19-22-20(2)34-25(31)35-22/h11,14,32H,3-10,12-13,15-19H2,1-2H3,(H,29,30)/b14-11+/t26-/m1/s1. The number of rotatable bonds is 20. The molecule has 1 heterocycles. The summed E-state index contributed by atoms with van der Waals surface area (Å²) in [5.41, 5.74) is -2.29. The van der Waals surface area contributed by atoms with Gasteiger partial charge >= 0.3 is 17.8 Å². The smallest absolute Gasteiger partial charge is 0.479 e. The normalized spacial score (nSPS) is 13.1. The maximum Gasteiger partial charge on any atom is 0.519 e. The minimum Gasteiger partial charge on any atom is -0.479 e. The monoisotopic (exact) mass is 496 g/mol. The Balaban J connectivity index is 2.22. The Labute approximate surface area is 206 Å². The SMILES string of the molecule is CCCCCCCC(=O)CCCCCC/C=C/C[C@@](O)(CC(=O)OCc1oc(=O)oc1C)C(=O)O. The first kappa shape index (κ1) is 30.4. The van der Waals surface area contributed by atoms with Gasteiger partial charge in [-0.2, -0.15) is 0 Å². The number of ether oxygens (including phenoxy) is 1. The molecule has 2 N–H and O–H groups in total. The number of carboxylic acid groups (broad SMARTS) is 1. The summed E-state index contributed by atoms with van der Waals surface area (Å²) in [4.78, 5) is 46.4. The van der Waals surface area contributed by atoms with Crippen LogP contribution in [0.5, 0.6) is 0 Å². The highest BCUT2D eigenvalue weighted by Gasteiger charge is 2.38. The van der Waals surface area contributed by atoms with E-state index in [0.717, 1.165) is 38.5 Å². The van der Waals surface area contributed by atoms with Gasteiger partial charge < -0.3 is 23.8 Å². The van der Waals surface area contributed by atoms with Gasteiger partial charge in [0.2, 0.25) is 0 Å². The first-order valence-electron chi connectivity index (χ1n) is 12.6. The molecule has 1 rings (SSSR count). The van der Waals surface area contributed by atoms with Gasteiger partial charge in [-0.3, -0.25) is 9.59 Å². The lowest BCUT2D eigenvalue weighted by atomic mass is 9.95. The summed E-state index contributed by atoms with van der Waals surface area (Å²) < 4.78 is 14.2. The number of carboxylic acids is 1. The number of unbranched alkanes of at least 4 members (excludes halogenated alkanes) is 8. The number of allylic oxidation sites excluding steroid dienone is 1. The third kappa shape index (κ3) is 13.1. The second kappa shape index (κ2) is 16.9. The highest BCUT2D eigenvalue weighted by atomic mass is 16.6. The summed E-state index contributed by atoms with van der Waals surface area (Å²) in [6, 6.07) is 0. The zero-order valence-electron chi connectivity index (χ0n) is 21.0. The van der Waals surface area contributed by atoms with Crippen molar-refractivity contribution in [1.82, 2.24) is 0 Å². The maximum absolute atomic E-state index is 12.0. The molecular weight excluding hydrogens is 456 g/mol. The van der Waals surface area contributed by atoms with Crippen LogP contribution in [0, 0.1) is 6.92 Å². The number of aliphatic hydroxyl groups is 1. The number of esters is 1. The van der Waals surface area contributed by atoms with E-state index < -0.39 is 36.4 Å². The number of carbonyl (C=O) groups excluding carboxylic acids is 2. The van der Waals surface area contributed by atoms with Crippen molar-refractivity contribution in [2.24, 2.45) is 0 Å². The van der Waals surface area contributed by atoms with Gasteiger partial charge in [-0.15, -0.1) is 0 Å². The molecule has 9 nitrogen and oxygen atoms in total. The van der Waals surface area contributed by atoms with Gasteiger partial charge in [0, 0.05) is 19.3 Å². The van der Waals surface area contributed by atoms with Crippen LogP contribution in [-0.4, -0.2) is 33.5 Å². The highest BCUT2D eigenvalue weighted by Crippen LogP contribution is 2.19. The van der Waals surface area contributed by atoms with E-state index in [-0.39, 0.29) is 17.9 Å². The molecule has 0 unspecified atom stereocenters. The van der Waals surface area contributed by atoms with Crippen molar-refractivity contribution >= 4 is 17.7 Å². The van der Waals surface area contributed by atoms with E-state index in [1.54, 1.807) is 12.2 Å². The Morgan fingerprint density at radius 1 is 0.943 bits per heavy atom. The Morgan fingerprint density at radius 2 is 1.57 bits per heavy atom. The van der Waals surface area contributed by atoms with E-state index in [4.69, 9.17) is 9.15 Å². The van der Waals surface area contributed by atoms with Gasteiger partial charge in [-0.05, 0) is 32.6 Å². The molecule has 9 heteroatoms. The van der Waals surface area contributed by atoms with Gasteiger partial charge in [0.15, 0.2) is 23.7 Å². The van der Waals surface area contributed by atoms with Crippen molar-refractivity contribution in [2.75, 3.05) is 0 Å². The van der Waals surface area contributed by atoms with Crippen LogP contribution in [0.25, 0.3) is 0 Å². The Bertz CT molecular complexity index is 864. The fourth-order valence-electron chi connectivity index (χ4n) is 3.56.